The molecule has 5 N–H and O–H groups in total. The minimum Gasteiger partial charge on any atom is -0.463 e. The van der Waals surface area contributed by atoms with E-state index in [0.29, 0.717) is 0 Å². The van der Waals surface area contributed by atoms with Gasteiger partial charge in [0.05, 0.1) is 6.61 Å². The molecule has 0 aliphatic rings. The minimum absolute atomic E-state index is 0.252. The molecule has 7 nitrogen and oxygen atoms in total. The van der Waals surface area contributed by atoms with Crippen LogP contribution in [0.25, 0.3) is 0 Å². The van der Waals surface area contributed by atoms with Crippen LogP contribution in [0.15, 0.2) is 0 Å². The van der Waals surface area contributed by atoms with Gasteiger partial charge in [0.15, 0.2) is 0 Å². The van der Waals surface area contributed by atoms with Crippen LogP contribution >= 0.6 is 0 Å². The van der Waals surface area contributed by atoms with Crippen molar-refractivity contribution < 1.29 is 35.1 Å². The summed E-state index contributed by atoms with van der Waals surface area (Å²) < 4.78 is 4.89. The van der Waals surface area contributed by atoms with Gasteiger partial charge in [-0.05, 0) is 6.42 Å². The molecule has 0 saturated carbocycles. The van der Waals surface area contributed by atoms with Gasteiger partial charge < -0.3 is 30.3 Å². The molecule has 29 heavy (non-hydrogen) atoms. The first-order valence-corrected chi connectivity index (χ1v) is 11.4. The second-order valence-electron chi connectivity index (χ2n) is 7.97. The van der Waals surface area contributed by atoms with Gasteiger partial charge >= 0.3 is 5.97 Å². The van der Waals surface area contributed by atoms with Crippen LogP contribution in [0.5, 0.6) is 0 Å². The van der Waals surface area contributed by atoms with Crippen molar-refractivity contribution in [2.75, 3.05) is 13.2 Å². The first-order valence-electron chi connectivity index (χ1n) is 11.4. The van der Waals surface area contributed by atoms with Gasteiger partial charge in [-0.25, -0.2) is 0 Å². The average Bonchev–Trinajstić information content (AvgIpc) is 2.73. The van der Waals surface area contributed by atoms with Gasteiger partial charge in [-0.3, -0.25) is 4.79 Å². The Morgan fingerprint density at radius 1 is 0.690 bits per heavy atom. The highest BCUT2D eigenvalue weighted by Gasteiger charge is 2.30. The molecule has 0 amide bonds. The van der Waals surface area contributed by atoms with E-state index in [0.717, 1.165) is 19.3 Å². The van der Waals surface area contributed by atoms with Crippen molar-refractivity contribution in [3.05, 3.63) is 0 Å². The third-order valence-corrected chi connectivity index (χ3v) is 5.22. The van der Waals surface area contributed by atoms with Crippen LogP contribution in [0.1, 0.15) is 96.8 Å². The first kappa shape index (κ1) is 28.3. The van der Waals surface area contributed by atoms with E-state index >= 15 is 0 Å². The molecule has 0 aromatic carbocycles. The van der Waals surface area contributed by atoms with Gasteiger partial charge in [0.2, 0.25) is 0 Å². The van der Waals surface area contributed by atoms with Gasteiger partial charge in [-0.2, -0.15) is 0 Å². The molecule has 0 aromatic rings. The SMILES string of the molecule is CCCCCCCCCCCCCCCC(=O)OC[C@@H](O)[C@@H](O)[C@H](O)[C@@H](O)CO. The molecule has 0 spiro atoms. The summed E-state index contributed by atoms with van der Waals surface area (Å²) in [7, 11) is 0. The highest BCUT2D eigenvalue weighted by Crippen LogP contribution is 2.13. The van der Waals surface area contributed by atoms with E-state index in [1.807, 2.05) is 0 Å². The van der Waals surface area contributed by atoms with Crippen LogP contribution in [0.4, 0.5) is 0 Å². The molecule has 174 valence electrons. The molecule has 0 heterocycles. The minimum atomic E-state index is -1.71. The Balaban J connectivity index is 3.52. The molecule has 0 radical (unpaired) electrons. The van der Waals surface area contributed by atoms with Crippen LogP contribution in [0.2, 0.25) is 0 Å². The predicted octanol–water partition coefficient (Wildman–Crippen LogP) is 2.45. The molecule has 0 fully saturated rings. The number of hydrogen-bond acceptors (Lipinski definition) is 7. The Labute approximate surface area is 176 Å². The number of carbonyl (C=O) groups excluding carboxylic acids is 1. The van der Waals surface area contributed by atoms with Crippen LogP contribution in [0, 0.1) is 0 Å². The molecule has 0 aliphatic carbocycles. The van der Waals surface area contributed by atoms with E-state index in [-0.39, 0.29) is 6.42 Å². The number of aliphatic hydroxyl groups excluding tert-OH is 5. The standard InChI is InChI=1S/C22H44O7/c1-2-3-4-5-6-7-8-9-10-11-12-13-14-15-20(26)29-17-19(25)22(28)21(27)18(24)16-23/h18-19,21-25,27-28H,2-17H2,1H3/t18-,19+,21+,22+/m0/s1. The number of ether oxygens (including phenoxy) is 1. The van der Waals surface area contributed by atoms with E-state index < -0.39 is 43.6 Å². The lowest BCUT2D eigenvalue weighted by Gasteiger charge is -2.25. The number of carbonyl (C=O) groups is 1. The summed E-state index contributed by atoms with van der Waals surface area (Å²) in [5, 5.41) is 46.8. The summed E-state index contributed by atoms with van der Waals surface area (Å²) in [6, 6.07) is 0. The zero-order valence-electron chi connectivity index (χ0n) is 18.2. The first-order chi connectivity index (χ1) is 13.9. The van der Waals surface area contributed by atoms with E-state index in [1.54, 1.807) is 0 Å². The molecular formula is C22H44O7. The average molecular weight is 421 g/mol. The zero-order valence-corrected chi connectivity index (χ0v) is 18.2. The fourth-order valence-corrected chi connectivity index (χ4v) is 3.20. The van der Waals surface area contributed by atoms with Gasteiger partial charge in [0, 0.05) is 6.42 Å². The highest BCUT2D eigenvalue weighted by atomic mass is 16.5. The summed E-state index contributed by atoms with van der Waals surface area (Å²) in [5.74, 6) is -0.462. The lowest BCUT2D eigenvalue weighted by molar-refractivity contribution is -0.156. The van der Waals surface area contributed by atoms with Crippen LogP contribution < -0.4 is 0 Å². The highest BCUT2D eigenvalue weighted by molar-refractivity contribution is 5.69. The van der Waals surface area contributed by atoms with Gasteiger partial charge in [0.25, 0.3) is 0 Å². The Morgan fingerprint density at radius 3 is 1.55 bits per heavy atom. The molecule has 0 aromatic heterocycles. The third kappa shape index (κ3) is 15.7. The molecule has 0 saturated heterocycles. The van der Waals surface area contributed by atoms with Crippen LogP contribution in [-0.2, 0) is 9.53 Å². The van der Waals surface area contributed by atoms with Crippen molar-refractivity contribution >= 4 is 5.97 Å². The van der Waals surface area contributed by atoms with Crippen molar-refractivity contribution in [3.8, 4) is 0 Å². The van der Waals surface area contributed by atoms with Crippen molar-refractivity contribution in [1.29, 1.82) is 0 Å². The Kier molecular flexibility index (Phi) is 18.8. The lowest BCUT2D eigenvalue weighted by atomic mass is 10.0. The van der Waals surface area contributed by atoms with Gasteiger partial charge in [0.1, 0.15) is 31.0 Å². The Hall–Kier alpha value is -0.730. The molecule has 0 aliphatic heterocycles. The van der Waals surface area contributed by atoms with E-state index in [4.69, 9.17) is 9.84 Å². The van der Waals surface area contributed by atoms with Crippen molar-refractivity contribution in [1.82, 2.24) is 0 Å². The summed E-state index contributed by atoms with van der Waals surface area (Å²) in [6.45, 7) is 1.03. The molecule has 0 unspecified atom stereocenters. The number of unbranched alkanes of at least 4 members (excludes halogenated alkanes) is 12. The second kappa shape index (κ2) is 19.2. The maximum atomic E-state index is 11.7. The molecule has 4 atom stereocenters. The number of esters is 1. The number of rotatable bonds is 20. The summed E-state index contributed by atoms with van der Waals surface area (Å²) in [5.41, 5.74) is 0. The third-order valence-electron chi connectivity index (χ3n) is 5.22. The predicted molar refractivity (Wildman–Crippen MR) is 112 cm³/mol. The maximum absolute atomic E-state index is 11.7. The second-order valence-corrected chi connectivity index (χ2v) is 7.97. The lowest BCUT2D eigenvalue weighted by Crippen LogP contribution is -2.47. The fraction of sp³-hybridized carbons (Fsp3) is 0.955. The van der Waals surface area contributed by atoms with Crippen LogP contribution in [-0.4, -0.2) is 69.1 Å². The van der Waals surface area contributed by atoms with E-state index in [1.165, 1.54) is 64.2 Å². The molecular weight excluding hydrogens is 376 g/mol. The zero-order chi connectivity index (χ0) is 21.9. The summed E-state index contributed by atoms with van der Waals surface area (Å²) >= 11 is 0. The Morgan fingerprint density at radius 2 is 1.10 bits per heavy atom. The summed E-state index contributed by atoms with van der Waals surface area (Å²) in [4.78, 5) is 11.7. The van der Waals surface area contributed by atoms with E-state index in [9.17, 15) is 25.2 Å². The quantitative estimate of drug-likeness (QED) is 0.151. The van der Waals surface area contributed by atoms with Crippen molar-refractivity contribution in [3.63, 3.8) is 0 Å². The smallest absolute Gasteiger partial charge is 0.305 e. The van der Waals surface area contributed by atoms with Crippen LogP contribution in [0.3, 0.4) is 0 Å². The molecule has 0 bridgehead atoms. The molecule has 0 rings (SSSR count). The van der Waals surface area contributed by atoms with Gasteiger partial charge in [-0.1, -0.05) is 84.0 Å². The largest absolute Gasteiger partial charge is 0.463 e. The van der Waals surface area contributed by atoms with E-state index in [2.05, 4.69) is 6.92 Å². The monoisotopic (exact) mass is 420 g/mol. The van der Waals surface area contributed by atoms with Crippen molar-refractivity contribution in [2.45, 2.75) is 121 Å². The fourth-order valence-electron chi connectivity index (χ4n) is 3.20. The van der Waals surface area contributed by atoms with Gasteiger partial charge in [-0.15, -0.1) is 0 Å². The normalized spacial score (nSPS) is 15.7. The molecule has 7 heteroatoms. The maximum Gasteiger partial charge on any atom is 0.305 e. The van der Waals surface area contributed by atoms with Crippen molar-refractivity contribution in [2.24, 2.45) is 0 Å². The number of aliphatic hydroxyl groups is 5. The number of hydrogen-bond donors (Lipinski definition) is 5. The Bertz CT molecular complexity index is 378. The topological polar surface area (TPSA) is 127 Å². The summed E-state index contributed by atoms with van der Waals surface area (Å²) in [6.07, 6.45) is 9.61.